The molecule has 0 amide bonds. The maximum absolute atomic E-state index is 11.8. The fourth-order valence-corrected chi connectivity index (χ4v) is 6.63. The Morgan fingerprint density at radius 1 is 1.13 bits per heavy atom. The lowest BCUT2D eigenvalue weighted by atomic mass is 10.0. The van der Waals surface area contributed by atoms with E-state index in [4.69, 9.17) is 24.4 Å². The van der Waals surface area contributed by atoms with E-state index in [0.29, 0.717) is 17.4 Å². The Morgan fingerprint density at radius 3 is 2.50 bits per heavy atom. The van der Waals surface area contributed by atoms with Gasteiger partial charge in [-0.05, 0) is 36.2 Å². The van der Waals surface area contributed by atoms with Gasteiger partial charge in [-0.2, -0.15) is 14.7 Å². The van der Waals surface area contributed by atoms with Crippen molar-refractivity contribution in [3.63, 3.8) is 0 Å². The summed E-state index contributed by atoms with van der Waals surface area (Å²) in [6.07, 6.45) is 3.93. The molecule has 4 aromatic rings. The Labute approximate surface area is 230 Å². The number of thioether (sulfide) groups is 1. The van der Waals surface area contributed by atoms with Crippen molar-refractivity contribution in [2.45, 2.75) is 36.7 Å². The summed E-state index contributed by atoms with van der Waals surface area (Å²) in [4.78, 5) is 21.2. The summed E-state index contributed by atoms with van der Waals surface area (Å²) < 4.78 is 34.5. The van der Waals surface area contributed by atoms with Gasteiger partial charge in [-0.15, -0.1) is 11.8 Å². The van der Waals surface area contributed by atoms with Gasteiger partial charge < -0.3 is 4.74 Å². The van der Waals surface area contributed by atoms with Crippen LogP contribution in [0.3, 0.4) is 0 Å². The molecule has 2 aromatic carbocycles. The SMILES string of the molecule is COc1cccc(-c2nc(-n3cc(Cc4ccccc4NS(C)(=O)=O)c(C)n3)sc2SC(C)C)c1.O=C=O. The Bertz CT molecular complexity index is 1540. The maximum atomic E-state index is 11.8. The lowest BCUT2D eigenvalue weighted by Crippen LogP contribution is -2.11. The van der Waals surface area contributed by atoms with Gasteiger partial charge in [0, 0.05) is 23.4 Å². The van der Waals surface area contributed by atoms with E-state index in [1.165, 1.54) is 0 Å². The van der Waals surface area contributed by atoms with Crippen LogP contribution in [-0.2, 0) is 26.0 Å². The molecule has 12 heteroatoms. The minimum Gasteiger partial charge on any atom is -0.497 e. The van der Waals surface area contributed by atoms with Crippen molar-refractivity contribution in [2.24, 2.45) is 0 Å². The summed E-state index contributed by atoms with van der Waals surface area (Å²) in [6.45, 7) is 6.29. The van der Waals surface area contributed by atoms with Crippen LogP contribution in [0.4, 0.5) is 5.69 Å². The van der Waals surface area contributed by atoms with Crippen LogP contribution in [0.5, 0.6) is 5.75 Å². The van der Waals surface area contributed by atoms with Gasteiger partial charge in [0.2, 0.25) is 15.2 Å². The van der Waals surface area contributed by atoms with Crippen LogP contribution >= 0.6 is 23.1 Å². The van der Waals surface area contributed by atoms with Crippen molar-refractivity contribution in [2.75, 3.05) is 18.1 Å². The predicted octanol–water partition coefficient (Wildman–Crippen LogP) is 5.19. The molecule has 0 radical (unpaired) electrons. The highest BCUT2D eigenvalue weighted by Gasteiger charge is 2.19. The number of hydrogen-bond donors (Lipinski definition) is 1. The number of anilines is 1. The molecule has 0 aliphatic carbocycles. The van der Waals surface area contributed by atoms with Crippen molar-refractivity contribution in [3.05, 3.63) is 71.5 Å². The first kappa shape index (κ1) is 29.1. The first-order valence-electron chi connectivity index (χ1n) is 11.5. The number of hydrogen-bond acceptors (Lipinski definition) is 9. The average Bonchev–Trinajstić information content (AvgIpc) is 3.43. The quantitative estimate of drug-likeness (QED) is 0.272. The number of benzene rings is 2. The molecule has 1 N–H and O–H groups in total. The summed E-state index contributed by atoms with van der Waals surface area (Å²) in [5.41, 5.74) is 5.25. The van der Waals surface area contributed by atoms with Crippen LogP contribution in [0.25, 0.3) is 16.4 Å². The maximum Gasteiger partial charge on any atom is 0.373 e. The van der Waals surface area contributed by atoms with Gasteiger partial charge in [-0.3, -0.25) is 4.72 Å². The van der Waals surface area contributed by atoms with E-state index in [9.17, 15) is 8.42 Å². The number of thiazole rings is 1. The van der Waals surface area contributed by atoms with Crippen LogP contribution in [0.15, 0.2) is 58.9 Å². The van der Waals surface area contributed by atoms with E-state index >= 15 is 0 Å². The molecule has 0 fully saturated rings. The number of para-hydroxylation sites is 1. The number of nitrogens with one attached hydrogen (secondary N) is 1. The fraction of sp³-hybridized carbons (Fsp3) is 0.269. The van der Waals surface area contributed by atoms with E-state index in [-0.39, 0.29) is 6.15 Å². The van der Waals surface area contributed by atoms with E-state index < -0.39 is 10.0 Å². The standard InChI is InChI=1S/C25H28N4O3S3.CO2/c1-16(2)33-24-23(19-10-8-11-21(14-19)32-4)26-25(34-24)29-15-20(17(3)27-29)13-18-9-6-7-12-22(18)28-35(5,30)31;2-1-3/h6-12,14-16,28H,13H2,1-5H3;. The van der Waals surface area contributed by atoms with Gasteiger partial charge in [-0.25, -0.2) is 18.1 Å². The number of methoxy groups -OCH3 is 1. The lowest BCUT2D eigenvalue weighted by molar-refractivity contribution is -0.191. The molecule has 0 aliphatic rings. The van der Waals surface area contributed by atoms with E-state index in [1.807, 2.05) is 60.3 Å². The second-order valence-electron chi connectivity index (χ2n) is 8.51. The highest BCUT2D eigenvalue weighted by atomic mass is 32.2. The molecule has 0 bridgehead atoms. The Morgan fingerprint density at radius 2 is 1.84 bits per heavy atom. The zero-order chi connectivity index (χ0) is 27.9. The van der Waals surface area contributed by atoms with Gasteiger partial charge >= 0.3 is 6.15 Å². The first-order chi connectivity index (χ1) is 18.0. The van der Waals surface area contributed by atoms with Crippen LogP contribution < -0.4 is 9.46 Å². The number of rotatable bonds is 9. The average molecular weight is 573 g/mol. The Kier molecular flexibility index (Phi) is 9.87. The second-order valence-corrected chi connectivity index (χ2v) is 13.1. The first-order valence-corrected chi connectivity index (χ1v) is 15.1. The normalized spacial score (nSPS) is 11.0. The minimum atomic E-state index is -3.37. The smallest absolute Gasteiger partial charge is 0.373 e. The van der Waals surface area contributed by atoms with Crippen LogP contribution in [0.2, 0.25) is 0 Å². The molecule has 4 rings (SSSR count). The molecular formula is C26H28N4O5S3. The number of sulfonamides is 1. The topological polar surface area (TPSA) is 120 Å². The molecule has 0 spiro atoms. The van der Waals surface area contributed by atoms with E-state index in [2.05, 4.69) is 18.6 Å². The highest BCUT2D eigenvalue weighted by molar-refractivity contribution is 8.01. The number of carbonyl (C=O) groups excluding carboxylic acids is 2. The Hall–Kier alpha value is -3.44. The molecule has 0 unspecified atom stereocenters. The van der Waals surface area contributed by atoms with E-state index in [0.717, 1.165) is 49.4 Å². The molecule has 200 valence electrons. The molecule has 2 heterocycles. The predicted molar refractivity (Wildman–Crippen MR) is 150 cm³/mol. The molecule has 0 saturated heterocycles. The van der Waals surface area contributed by atoms with Gasteiger partial charge in [0.15, 0.2) is 0 Å². The van der Waals surface area contributed by atoms with Gasteiger partial charge in [0.1, 0.15) is 5.75 Å². The van der Waals surface area contributed by atoms with Crippen molar-refractivity contribution in [1.82, 2.24) is 14.8 Å². The van der Waals surface area contributed by atoms with Gasteiger partial charge in [0.25, 0.3) is 0 Å². The third-order valence-electron chi connectivity index (χ3n) is 5.16. The largest absolute Gasteiger partial charge is 0.497 e. The van der Waals surface area contributed by atoms with E-state index in [1.54, 1.807) is 36.3 Å². The summed E-state index contributed by atoms with van der Waals surface area (Å²) in [5.74, 6) is 0.788. The second kappa shape index (κ2) is 12.9. The number of nitrogens with zero attached hydrogens (tertiary/aromatic N) is 3. The number of aromatic nitrogens is 3. The molecule has 0 atom stereocenters. The minimum absolute atomic E-state index is 0.250. The summed E-state index contributed by atoms with van der Waals surface area (Å²) in [6, 6.07) is 15.3. The summed E-state index contributed by atoms with van der Waals surface area (Å²) in [5, 5.41) is 5.92. The lowest BCUT2D eigenvalue weighted by Gasteiger charge is -2.10. The molecular weight excluding hydrogens is 545 g/mol. The molecule has 2 aromatic heterocycles. The van der Waals surface area contributed by atoms with Crippen LogP contribution in [-0.4, -0.2) is 47.9 Å². The molecule has 38 heavy (non-hydrogen) atoms. The third-order valence-corrected chi connectivity index (χ3v) is 8.01. The van der Waals surface area contributed by atoms with Crippen LogP contribution in [0.1, 0.15) is 30.7 Å². The summed E-state index contributed by atoms with van der Waals surface area (Å²) >= 11 is 3.39. The van der Waals surface area contributed by atoms with Crippen molar-refractivity contribution >= 4 is 45.0 Å². The molecule has 0 saturated carbocycles. The van der Waals surface area contributed by atoms with Gasteiger partial charge in [-0.1, -0.05) is 55.5 Å². The summed E-state index contributed by atoms with van der Waals surface area (Å²) in [7, 11) is -1.71. The Balaban J connectivity index is 0.00000127. The van der Waals surface area contributed by atoms with Crippen LogP contribution in [0, 0.1) is 6.92 Å². The monoisotopic (exact) mass is 572 g/mol. The zero-order valence-corrected chi connectivity index (χ0v) is 24.0. The molecule has 9 nitrogen and oxygen atoms in total. The van der Waals surface area contributed by atoms with Crippen molar-refractivity contribution in [3.8, 4) is 22.1 Å². The molecule has 0 aliphatic heterocycles. The van der Waals surface area contributed by atoms with Gasteiger partial charge in [0.05, 0.1) is 34.6 Å². The zero-order valence-electron chi connectivity index (χ0n) is 21.6. The van der Waals surface area contributed by atoms with Crippen molar-refractivity contribution < 1.29 is 22.7 Å². The number of ether oxygens (including phenoxy) is 1. The fourth-order valence-electron chi connectivity index (χ4n) is 3.59. The highest BCUT2D eigenvalue weighted by Crippen LogP contribution is 2.40. The van der Waals surface area contributed by atoms with Crippen molar-refractivity contribution in [1.29, 1.82) is 0 Å². The third kappa shape index (κ3) is 7.78. The number of aryl methyl sites for hydroxylation is 1.